The van der Waals surface area contributed by atoms with Gasteiger partial charge in [0.05, 0.1) is 6.61 Å². The minimum absolute atomic E-state index is 0.0949. The molecule has 1 aromatic carbocycles. The predicted octanol–water partition coefficient (Wildman–Crippen LogP) is 2.22. The first-order chi connectivity index (χ1) is 11.9. The van der Waals surface area contributed by atoms with Crippen molar-refractivity contribution in [2.24, 2.45) is 0 Å². The van der Waals surface area contributed by atoms with Crippen molar-refractivity contribution in [2.45, 2.75) is 38.9 Å². The molecule has 0 spiro atoms. The summed E-state index contributed by atoms with van der Waals surface area (Å²) in [6.45, 7) is 5.41. The highest BCUT2D eigenvalue weighted by Crippen LogP contribution is 2.13. The monoisotopic (exact) mass is 350 g/mol. The first-order valence-corrected chi connectivity index (χ1v) is 8.18. The Balaban J connectivity index is 0.000000271. The number of hydrogen-bond donors (Lipinski definition) is 1. The summed E-state index contributed by atoms with van der Waals surface area (Å²) in [7, 11) is 0. The van der Waals surface area contributed by atoms with E-state index < -0.39 is 12.2 Å². The molecule has 1 aromatic rings. The van der Waals surface area contributed by atoms with Crippen molar-refractivity contribution in [2.75, 3.05) is 19.8 Å². The second-order valence-corrected chi connectivity index (χ2v) is 5.67. The zero-order valence-corrected chi connectivity index (χ0v) is 14.9. The fraction of sp³-hybridized carbons (Fsp3) is 0.474. The van der Waals surface area contributed by atoms with Gasteiger partial charge in [0, 0.05) is 26.4 Å². The molecule has 0 saturated carbocycles. The van der Waals surface area contributed by atoms with E-state index in [-0.39, 0.29) is 31.1 Å². The lowest BCUT2D eigenvalue weighted by molar-refractivity contribution is -0.158. The van der Waals surface area contributed by atoms with E-state index in [1.807, 2.05) is 37.3 Å². The molecule has 1 aliphatic rings. The molecule has 0 aromatic heterocycles. The van der Waals surface area contributed by atoms with Gasteiger partial charge < -0.3 is 19.3 Å². The largest absolute Gasteiger partial charge is 0.463 e. The Hall–Kier alpha value is -2.18. The lowest BCUT2D eigenvalue weighted by atomic mass is 10.0. The maximum atomic E-state index is 10.8. The number of esters is 2. The topological polar surface area (TPSA) is 82.1 Å². The van der Waals surface area contributed by atoms with Crippen molar-refractivity contribution in [3.05, 3.63) is 48.0 Å². The molecular weight excluding hydrogens is 324 g/mol. The molecular formula is C19H26O6. The minimum atomic E-state index is -0.476. The third-order valence-corrected chi connectivity index (χ3v) is 3.49. The number of carbonyl (C=O) groups excluding carboxylic acids is 2. The van der Waals surface area contributed by atoms with E-state index in [2.05, 4.69) is 0 Å². The average Bonchev–Trinajstić information content (AvgIpc) is 2.61. The van der Waals surface area contributed by atoms with Crippen LogP contribution in [0.25, 0.3) is 0 Å². The van der Waals surface area contributed by atoms with Crippen LogP contribution >= 0.6 is 0 Å². The first-order valence-electron chi connectivity index (χ1n) is 8.18. The Labute approximate surface area is 148 Å². The van der Waals surface area contributed by atoms with Gasteiger partial charge in [-0.1, -0.05) is 43.3 Å². The van der Waals surface area contributed by atoms with Gasteiger partial charge >= 0.3 is 11.9 Å². The zero-order chi connectivity index (χ0) is 18.7. The third kappa shape index (κ3) is 8.47. The molecule has 138 valence electrons. The summed E-state index contributed by atoms with van der Waals surface area (Å²) in [5.41, 5.74) is 1.20. The molecule has 1 N–H and O–H groups in total. The van der Waals surface area contributed by atoms with Crippen LogP contribution in [-0.2, 0) is 23.8 Å². The van der Waals surface area contributed by atoms with Crippen molar-refractivity contribution in [1.29, 1.82) is 0 Å². The molecule has 6 heteroatoms. The highest BCUT2D eigenvalue weighted by atomic mass is 16.6. The van der Waals surface area contributed by atoms with Crippen LogP contribution in [0.15, 0.2) is 42.5 Å². The van der Waals surface area contributed by atoms with Gasteiger partial charge in [-0.2, -0.15) is 0 Å². The smallest absolute Gasteiger partial charge is 0.303 e. The van der Waals surface area contributed by atoms with Crippen LogP contribution < -0.4 is 0 Å². The average molecular weight is 350 g/mol. The van der Waals surface area contributed by atoms with Crippen LogP contribution in [0, 0.1) is 0 Å². The molecule has 0 radical (unpaired) electrons. The van der Waals surface area contributed by atoms with Crippen LogP contribution in [0.5, 0.6) is 0 Å². The summed E-state index contributed by atoms with van der Waals surface area (Å²) in [4.78, 5) is 21.4. The Morgan fingerprint density at radius 2 is 1.92 bits per heavy atom. The van der Waals surface area contributed by atoms with Gasteiger partial charge in [-0.25, -0.2) is 0 Å². The van der Waals surface area contributed by atoms with Crippen molar-refractivity contribution in [3.63, 3.8) is 0 Å². The molecule has 0 fully saturated rings. The lowest BCUT2D eigenvalue weighted by Gasteiger charge is -2.26. The van der Waals surface area contributed by atoms with Gasteiger partial charge in [-0.05, 0) is 11.6 Å². The number of hydrogen-bond acceptors (Lipinski definition) is 6. The number of ether oxygens (including phenoxy) is 3. The number of rotatable bonds is 5. The molecule has 2 rings (SSSR count). The molecule has 25 heavy (non-hydrogen) atoms. The predicted molar refractivity (Wildman–Crippen MR) is 93.0 cm³/mol. The molecule has 0 saturated heterocycles. The third-order valence-electron chi connectivity index (χ3n) is 3.49. The number of carbonyl (C=O) groups is 2. The van der Waals surface area contributed by atoms with Crippen molar-refractivity contribution in [3.8, 4) is 0 Å². The van der Waals surface area contributed by atoms with E-state index in [0.717, 1.165) is 0 Å². The van der Waals surface area contributed by atoms with Crippen molar-refractivity contribution in [1.82, 2.24) is 0 Å². The molecule has 1 aliphatic heterocycles. The van der Waals surface area contributed by atoms with Crippen LogP contribution in [0.4, 0.5) is 0 Å². The molecule has 3 atom stereocenters. The molecule has 1 heterocycles. The quantitative estimate of drug-likeness (QED) is 0.648. The van der Waals surface area contributed by atoms with Crippen LogP contribution in [0.3, 0.4) is 0 Å². The maximum Gasteiger partial charge on any atom is 0.303 e. The van der Waals surface area contributed by atoms with Crippen molar-refractivity contribution >= 4 is 11.9 Å². The molecule has 0 bridgehead atoms. The standard InChI is InChI=1S/C10H14O5.C9H12O/c1-7(11)14-6-10-9(15-8(2)12)4-3-5-13-10;1-8(7-10)9-5-3-2-4-6-9/h3-4,9-10H,5-6H2,1-2H3;2-6,8,10H,7H2,1H3/t9-,10+;8-/m01/s1. The summed E-state index contributed by atoms with van der Waals surface area (Å²) in [5, 5.41) is 8.79. The summed E-state index contributed by atoms with van der Waals surface area (Å²) < 4.78 is 15.1. The van der Waals surface area contributed by atoms with Gasteiger partial charge in [0.1, 0.15) is 18.8 Å². The van der Waals surface area contributed by atoms with Gasteiger partial charge in [-0.3, -0.25) is 9.59 Å². The van der Waals surface area contributed by atoms with Gasteiger partial charge in [-0.15, -0.1) is 0 Å². The fourth-order valence-corrected chi connectivity index (χ4v) is 2.12. The van der Waals surface area contributed by atoms with Gasteiger partial charge in [0.2, 0.25) is 0 Å². The van der Waals surface area contributed by atoms with E-state index in [1.165, 1.54) is 19.4 Å². The lowest BCUT2D eigenvalue weighted by Crippen LogP contribution is -2.38. The van der Waals surface area contributed by atoms with Gasteiger partial charge in [0.15, 0.2) is 0 Å². The Morgan fingerprint density at radius 3 is 2.48 bits per heavy atom. The Bertz CT molecular complexity index is 554. The molecule has 0 aliphatic carbocycles. The highest BCUT2D eigenvalue weighted by molar-refractivity contribution is 5.66. The van der Waals surface area contributed by atoms with Crippen LogP contribution in [-0.4, -0.2) is 49.1 Å². The number of benzene rings is 1. The summed E-state index contributed by atoms with van der Waals surface area (Å²) in [6, 6.07) is 10.0. The highest BCUT2D eigenvalue weighted by Gasteiger charge is 2.26. The van der Waals surface area contributed by atoms with Crippen LogP contribution in [0.2, 0.25) is 0 Å². The zero-order valence-electron chi connectivity index (χ0n) is 14.9. The summed E-state index contributed by atoms with van der Waals surface area (Å²) >= 11 is 0. The fourth-order valence-electron chi connectivity index (χ4n) is 2.12. The maximum absolute atomic E-state index is 10.8. The molecule has 0 unspecified atom stereocenters. The van der Waals surface area contributed by atoms with Gasteiger partial charge in [0.25, 0.3) is 0 Å². The SMILES string of the molecule is CC(=O)OC[C@H]1OCC=C[C@@H]1OC(C)=O.C[C@H](CO)c1ccccc1. The Kier molecular flexibility index (Phi) is 9.50. The Morgan fingerprint density at radius 1 is 1.24 bits per heavy atom. The van der Waals surface area contributed by atoms with Crippen molar-refractivity contribution < 1.29 is 28.9 Å². The number of aliphatic hydroxyl groups is 1. The van der Waals surface area contributed by atoms with Crippen LogP contribution in [0.1, 0.15) is 32.3 Å². The molecule has 0 amide bonds. The minimum Gasteiger partial charge on any atom is -0.463 e. The normalized spacial score (nSPS) is 20.0. The van der Waals surface area contributed by atoms with E-state index in [4.69, 9.17) is 19.3 Å². The number of aliphatic hydroxyl groups excluding tert-OH is 1. The summed E-state index contributed by atoms with van der Waals surface area (Å²) in [5.74, 6) is -0.501. The van der Waals surface area contributed by atoms with E-state index in [0.29, 0.717) is 6.61 Å². The van der Waals surface area contributed by atoms with E-state index in [9.17, 15) is 9.59 Å². The van der Waals surface area contributed by atoms with E-state index >= 15 is 0 Å². The second-order valence-electron chi connectivity index (χ2n) is 5.67. The van der Waals surface area contributed by atoms with E-state index in [1.54, 1.807) is 12.2 Å². The first kappa shape index (κ1) is 20.9. The molecule has 6 nitrogen and oxygen atoms in total. The second kappa shape index (κ2) is 11.4. The summed E-state index contributed by atoms with van der Waals surface area (Å²) in [6.07, 6.45) is 2.61.